The Morgan fingerprint density at radius 2 is 1.94 bits per heavy atom. The number of ether oxygens (including phenoxy) is 1. The van der Waals surface area contributed by atoms with E-state index in [-0.39, 0.29) is 25.1 Å². The zero-order valence-electron chi connectivity index (χ0n) is 20.4. The number of primary amides is 1. The van der Waals surface area contributed by atoms with Gasteiger partial charge in [0.05, 0.1) is 24.9 Å². The van der Waals surface area contributed by atoms with Crippen LogP contribution in [-0.4, -0.2) is 42.2 Å². The lowest BCUT2D eigenvalue weighted by Crippen LogP contribution is -2.52. The molecule has 186 valence electrons. The third kappa shape index (κ3) is 5.99. The fourth-order valence-corrected chi connectivity index (χ4v) is 5.21. The van der Waals surface area contributed by atoms with Crippen molar-refractivity contribution in [1.29, 1.82) is 0 Å². The number of allylic oxidation sites excluding steroid dienone is 1. The summed E-state index contributed by atoms with van der Waals surface area (Å²) < 4.78 is 6.20. The molecule has 5 N–H and O–H groups in total. The Kier molecular flexibility index (Phi) is 8.00. The predicted octanol–water partition coefficient (Wildman–Crippen LogP) is 2.55. The van der Waals surface area contributed by atoms with Crippen molar-refractivity contribution in [3.8, 4) is 0 Å². The van der Waals surface area contributed by atoms with Gasteiger partial charge >= 0.3 is 0 Å². The summed E-state index contributed by atoms with van der Waals surface area (Å²) in [5, 5.41) is 17.6. The summed E-state index contributed by atoms with van der Waals surface area (Å²) in [6, 6.07) is 13.5. The highest BCUT2D eigenvalue weighted by atomic mass is 16.5. The van der Waals surface area contributed by atoms with Gasteiger partial charge in [-0.05, 0) is 55.4 Å². The van der Waals surface area contributed by atoms with E-state index in [1.54, 1.807) is 6.08 Å². The van der Waals surface area contributed by atoms with Gasteiger partial charge in [-0.25, -0.2) is 0 Å². The lowest BCUT2D eigenvalue weighted by atomic mass is 9.97. The molecular weight excluding hydrogens is 442 g/mol. The van der Waals surface area contributed by atoms with Crippen molar-refractivity contribution < 1.29 is 19.4 Å². The van der Waals surface area contributed by atoms with Gasteiger partial charge in [-0.3, -0.25) is 9.59 Å². The van der Waals surface area contributed by atoms with Gasteiger partial charge in [0.1, 0.15) is 5.92 Å². The Morgan fingerprint density at radius 3 is 2.69 bits per heavy atom. The third-order valence-electron chi connectivity index (χ3n) is 6.97. The Labute approximate surface area is 206 Å². The van der Waals surface area contributed by atoms with Crippen molar-refractivity contribution >= 4 is 11.8 Å². The molecule has 0 fully saturated rings. The number of rotatable bonds is 3. The summed E-state index contributed by atoms with van der Waals surface area (Å²) in [6.45, 7) is 4.84. The fraction of sp³-hybridized carbons (Fsp3) is 0.429. The SMILES string of the molecule is Cc1cc(C)c2c(c1)[C@@H]1C[C@H]2OC/C=C/C[C@@H](C(N)=O)C(=O)N[C@@H](Cc2ccccc2)[C@H](O)CN1. The molecule has 35 heavy (non-hydrogen) atoms. The third-order valence-corrected chi connectivity index (χ3v) is 6.97. The van der Waals surface area contributed by atoms with E-state index in [0.29, 0.717) is 13.0 Å². The highest BCUT2D eigenvalue weighted by Gasteiger charge is 2.34. The Balaban J connectivity index is 1.63. The van der Waals surface area contributed by atoms with Crippen LogP contribution in [0.25, 0.3) is 0 Å². The molecule has 0 spiro atoms. The highest BCUT2D eigenvalue weighted by molar-refractivity contribution is 5.99. The summed E-state index contributed by atoms with van der Waals surface area (Å²) in [4.78, 5) is 25.0. The maximum atomic E-state index is 13.0. The quantitative estimate of drug-likeness (QED) is 0.401. The molecule has 7 heteroatoms. The van der Waals surface area contributed by atoms with Gasteiger partial charge in [0.25, 0.3) is 0 Å². The second kappa shape index (κ2) is 11.2. The highest BCUT2D eigenvalue weighted by Crippen LogP contribution is 2.43. The lowest BCUT2D eigenvalue weighted by molar-refractivity contribution is -0.134. The molecule has 1 aliphatic carbocycles. The average molecular weight is 478 g/mol. The summed E-state index contributed by atoms with van der Waals surface area (Å²) in [5.41, 5.74) is 11.3. The van der Waals surface area contributed by atoms with Gasteiger partial charge in [-0.2, -0.15) is 0 Å². The molecule has 0 aromatic heterocycles. The zero-order chi connectivity index (χ0) is 24.9. The number of amides is 2. The number of nitrogens with two attached hydrogens (primary N) is 1. The first-order chi connectivity index (χ1) is 16.8. The Morgan fingerprint density at radius 1 is 1.17 bits per heavy atom. The maximum Gasteiger partial charge on any atom is 0.233 e. The number of aliphatic hydroxyl groups excluding tert-OH is 1. The minimum Gasteiger partial charge on any atom is -0.390 e. The molecule has 5 atom stereocenters. The first kappa shape index (κ1) is 25.1. The van der Waals surface area contributed by atoms with E-state index >= 15 is 0 Å². The van der Waals surface area contributed by atoms with Crippen molar-refractivity contribution in [2.24, 2.45) is 11.7 Å². The van der Waals surface area contributed by atoms with Crippen LogP contribution in [0.1, 0.15) is 52.8 Å². The smallest absolute Gasteiger partial charge is 0.233 e. The molecule has 2 aliphatic rings. The average Bonchev–Trinajstić information content (AvgIpc) is 3.16. The Bertz CT molecular complexity index is 1090. The lowest BCUT2D eigenvalue weighted by Gasteiger charge is -2.27. The molecule has 1 aliphatic heterocycles. The van der Waals surface area contributed by atoms with Crippen LogP contribution >= 0.6 is 0 Å². The zero-order valence-corrected chi connectivity index (χ0v) is 20.4. The van der Waals surface area contributed by atoms with Crippen LogP contribution < -0.4 is 16.4 Å². The van der Waals surface area contributed by atoms with Crippen LogP contribution in [0.3, 0.4) is 0 Å². The summed E-state index contributed by atoms with van der Waals surface area (Å²) in [6.07, 6.45) is 4.04. The summed E-state index contributed by atoms with van der Waals surface area (Å²) in [5.74, 6) is -2.18. The standard InChI is InChI=1S/C28H35N3O4/c1-17-12-18(2)26-21(13-17)22-15-25(26)35-11-7-6-10-20(27(29)33)28(34)31-23(24(32)16-30-22)14-19-8-4-3-5-9-19/h3-9,12-13,20,22-25,30,32H,10-11,14-16H2,1-2H3,(H2,29,33)(H,31,34)/b7-6+/t20-,22-,23-,24+,25+/m0/s1. The molecule has 0 unspecified atom stereocenters. The number of nitrogens with one attached hydrogen (secondary N) is 2. The number of carbonyl (C=O) groups excluding carboxylic acids is 2. The van der Waals surface area contributed by atoms with Gasteiger partial charge in [0.15, 0.2) is 0 Å². The number of aryl methyl sites for hydroxylation is 2. The molecule has 0 saturated carbocycles. The number of hydrogen-bond donors (Lipinski definition) is 4. The van der Waals surface area contributed by atoms with Crippen molar-refractivity contribution in [2.75, 3.05) is 13.2 Å². The topological polar surface area (TPSA) is 114 Å². The second-order valence-electron chi connectivity index (χ2n) is 9.64. The van der Waals surface area contributed by atoms with Gasteiger partial charge in [-0.1, -0.05) is 60.2 Å². The van der Waals surface area contributed by atoms with E-state index in [4.69, 9.17) is 10.5 Å². The number of β-amino-alcohol motifs (C(OH)–C–C–N with tert-alkyl or cyclic N) is 1. The van der Waals surface area contributed by atoms with Crippen LogP contribution in [0.4, 0.5) is 0 Å². The van der Waals surface area contributed by atoms with Crippen molar-refractivity contribution in [3.63, 3.8) is 0 Å². The summed E-state index contributed by atoms with van der Waals surface area (Å²) in [7, 11) is 0. The number of carbonyl (C=O) groups is 2. The minimum atomic E-state index is -1.02. The van der Waals surface area contributed by atoms with Crippen molar-refractivity contribution in [3.05, 3.63) is 82.4 Å². The molecule has 1 heterocycles. The van der Waals surface area contributed by atoms with Crippen LogP contribution in [0.15, 0.2) is 54.6 Å². The first-order valence-corrected chi connectivity index (χ1v) is 12.3. The van der Waals surface area contributed by atoms with Crippen LogP contribution in [0.2, 0.25) is 0 Å². The molecule has 2 aromatic carbocycles. The first-order valence-electron chi connectivity index (χ1n) is 12.3. The van der Waals surface area contributed by atoms with Crippen molar-refractivity contribution in [1.82, 2.24) is 10.6 Å². The molecule has 0 radical (unpaired) electrons. The molecule has 2 amide bonds. The van der Waals surface area contributed by atoms with E-state index in [0.717, 1.165) is 12.0 Å². The molecule has 2 bridgehead atoms. The number of hydrogen-bond acceptors (Lipinski definition) is 5. The number of benzene rings is 2. The largest absolute Gasteiger partial charge is 0.390 e. The van der Waals surface area contributed by atoms with Gasteiger partial charge in [0, 0.05) is 12.6 Å². The molecule has 7 nitrogen and oxygen atoms in total. The van der Waals surface area contributed by atoms with Gasteiger partial charge in [-0.15, -0.1) is 0 Å². The van der Waals surface area contributed by atoms with Crippen LogP contribution in [0.5, 0.6) is 0 Å². The second-order valence-corrected chi connectivity index (χ2v) is 9.64. The van der Waals surface area contributed by atoms with Crippen LogP contribution in [0, 0.1) is 19.8 Å². The fourth-order valence-electron chi connectivity index (χ4n) is 5.21. The van der Waals surface area contributed by atoms with E-state index in [2.05, 4.69) is 36.6 Å². The van der Waals surface area contributed by atoms with Crippen molar-refractivity contribution in [2.45, 2.75) is 57.4 Å². The Hall–Kier alpha value is -3.00. The monoisotopic (exact) mass is 477 g/mol. The van der Waals surface area contributed by atoms with Gasteiger partial charge < -0.3 is 26.2 Å². The van der Waals surface area contributed by atoms with E-state index in [1.807, 2.05) is 36.4 Å². The molecule has 2 aromatic rings. The number of aliphatic hydroxyl groups is 1. The number of fused-ring (bicyclic) bond motifs is 5. The predicted molar refractivity (Wildman–Crippen MR) is 134 cm³/mol. The summed E-state index contributed by atoms with van der Waals surface area (Å²) >= 11 is 0. The maximum absolute atomic E-state index is 13.0. The van der Waals surface area contributed by atoms with E-state index < -0.39 is 29.9 Å². The molecule has 4 rings (SSSR count). The molecule has 0 saturated heterocycles. The van der Waals surface area contributed by atoms with Gasteiger partial charge in [0.2, 0.25) is 11.8 Å². The van der Waals surface area contributed by atoms with E-state index in [1.165, 1.54) is 22.3 Å². The van der Waals surface area contributed by atoms with E-state index in [9.17, 15) is 14.7 Å². The molecular formula is C28H35N3O4. The minimum absolute atomic E-state index is 0.0313. The normalized spacial score (nSPS) is 28.3. The van der Waals surface area contributed by atoms with Crippen LogP contribution in [-0.2, 0) is 20.7 Å².